The van der Waals surface area contributed by atoms with E-state index in [4.69, 9.17) is 4.42 Å². The van der Waals surface area contributed by atoms with Crippen molar-refractivity contribution in [2.75, 3.05) is 9.80 Å². The average molecular weight is 1240 g/mol. The van der Waals surface area contributed by atoms with E-state index in [2.05, 4.69) is 348 Å². The molecule has 0 amide bonds. The number of aromatic nitrogens is 2. The van der Waals surface area contributed by atoms with Gasteiger partial charge in [0.2, 0.25) is 0 Å². The molecule has 0 saturated carbocycles. The van der Waals surface area contributed by atoms with E-state index in [1.54, 1.807) is 0 Å². The van der Waals surface area contributed by atoms with Crippen molar-refractivity contribution in [3.05, 3.63) is 327 Å². The summed E-state index contributed by atoms with van der Waals surface area (Å²) in [5.41, 5.74) is 20.8. The fraction of sp³-hybridized carbons (Fsp3) is 0.0345. The zero-order valence-corrected chi connectivity index (χ0v) is 53.2. The van der Waals surface area contributed by atoms with Crippen LogP contribution in [0.4, 0.5) is 34.1 Å². The van der Waals surface area contributed by atoms with Crippen molar-refractivity contribution in [1.29, 1.82) is 0 Å². The van der Waals surface area contributed by atoms with Crippen LogP contribution in [0.3, 0.4) is 0 Å². The summed E-state index contributed by atoms with van der Waals surface area (Å²) >= 11 is 3.84. The molecule has 0 saturated heterocycles. The number of fused-ring (bicyclic) bond motifs is 22. The van der Waals surface area contributed by atoms with E-state index < -0.39 is 0 Å². The highest BCUT2D eigenvalue weighted by atomic mass is 32.1. The monoisotopic (exact) mass is 1240 g/mol. The van der Waals surface area contributed by atoms with Gasteiger partial charge >= 0.3 is 0 Å². The van der Waals surface area contributed by atoms with Gasteiger partial charge in [0.05, 0.1) is 27.5 Å². The summed E-state index contributed by atoms with van der Waals surface area (Å²) in [5, 5.41) is 12.7. The summed E-state index contributed by atoms with van der Waals surface area (Å²) in [7, 11) is 0. The van der Waals surface area contributed by atoms with Gasteiger partial charge in [0, 0.05) is 124 Å². The van der Waals surface area contributed by atoms with E-state index in [0.717, 1.165) is 78.5 Å². The maximum Gasteiger partial charge on any atom is 0.145 e. The lowest BCUT2D eigenvalue weighted by Gasteiger charge is -2.25. The molecule has 0 fully saturated rings. The van der Waals surface area contributed by atoms with E-state index in [-0.39, 0.29) is 5.41 Å². The SMILES string of the molecule is CC1(C)c2ccccc2-c2c1ccc1c2oc2c1ccc1c2c2ccccc2n1-c1ccc(N(c2ccccc2)c2ccccc2)cc1.c1ccc(N(c2ccccc2)c2ccc(-n3c4ccccc4c4c5sc6c(ccc7sc8ccccc8c76)c5ccc43)cc2)cc1. The van der Waals surface area contributed by atoms with Crippen molar-refractivity contribution in [2.24, 2.45) is 0 Å². The number of para-hydroxylation sites is 6. The molecule has 94 heavy (non-hydrogen) atoms. The molecule has 5 aromatic heterocycles. The number of thiophene rings is 2. The molecule has 5 nitrogen and oxygen atoms in total. The van der Waals surface area contributed by atoms with Crippen molar-refractivity contribution in [1.82, 2.24) is 9.13 Å². The van der Waals surface area contributed by atoms with Gasteiger partial charge in [-0.05, 0) is 156 Å². The lowest BCUT2D eigenvalue weighted by Crippen LogP contribution is -2.14. The molecule has 19 aromatic rings. The lowest BCUT2D eigenvalue weighted by molar-refractivity contribution is 0.654. The first-order valence-corrected chi connectivity index (χ1v) is 33.8. The third-order valence-corrected chi connectivity index (χ3v) is 21.9. The minimum atomic E-state index is -0.0762. The third-order valence-electron chi connectivity index (χ3n) is 19.6. The fourth-order valence-electron chi connectivity index (χ4n) is 15.3. The molecule has 0 aliphatic heterocycles. The summed E-state index contributed by atoms with van der Waals surface area (Å²) in [6, 6.07) is 114. The minimum Gasteiger partial charge on any atom is -0.455 e. The number of benzene rings is 14. The second-order valence-electron chi connectivity index (χ2n) is 25.1. The average Bonchev–Trinajstić information content (AvgIpc) is 1.55. The number of hydrogen-bond donors (Lipinski definition) is 0. The topological polar surface area (TPSA) is 29.5 Å². The molecule has 0 bridgehead atoms. The standard InChI is InChI=1S/C45H32N2O.C42H26N2S2/c1-45(2)37-19-11-9-17-35(37)41-38(45)27-25-33-34-26-28-40-42(44(34)48-43(33)41)36-18-10-12-20-39(36)47(40)32-23-21-31(22-24-32)46(29-13-5-3-6-14-29)30-15-7-4-8-16-30;1-3-11-27(12-4-1)43(28-13-5-2-6-14-28)29-19-21-30(22-20-29)44-35-17-9-7-15-33(35)39-36(44)25-23-31-32-24-26-38-40(42(32)46-41(31)39)34-16-8-10-18-37(34)45-38/h3-28H,1-2H3;1-26H. The van der Waals surface area contributed by atoms with Crippen LogP contribution in [-0.2, 0) is 5.41 Å². The van der Waals surface area contributed by atoms with Crippen LogP contribution in [0, 0.1) is 0 Å². The Labute approximate surface area is 550 Å². The number of furan rings is 1. The Morgan fingerprint density at radius 1 is 0.287 bits per heavy atom. The molecule has 0 radical (unpaired) electrons. The van der Waals surface area contributed by atoms with E-state index in [0.29, 0.717) is 0 Å². The first-order valence-electron chi connectivity index (χ1n) is 32.1. The number of rotatable bonds is 8. The van der Waals surface area contributed by atoms with Gasteiger partial charge in [-0.3, -0.25) is 0 Å². The molecule has 0 atom stereocenters. The Hall–Kier alpha value is -11.5. The van der Waals surface area contributed by atoms with Crippen LogP contribution >= 0.6 is 22.7 Å². The Kier molecular flexibility index (Phi) is 12.3. The number of nitrogens with zero attached hydrogens (tertiary/aromatic N) is 4. The van der Waals surface area contributed by atoms with Crippen LogP contribution in [0.25, 0.3) is 128 Å². The first kappa shape index (κ1) is 54.3. The van der Waals surface area contributed by atoms with Crippen LogP contribution in [0.1, 0.15) is 25.0 Å². The summed E-state index contributed by atoms with van der Waals surface area (Å²) < 4.78 is 17.3. The van der Waals surface area contributed by atoms with Crippen LogP contribution in [0.5, 0.6) is 0 Å². The zero-order valence-electron chi connectivity index (χ0n) is 51.5. The molecular formula is C87H58N4OS2. The molecule has 0 N–H and O–H groups in total. The maximum absolute atomic E-state index is 7.04. The van der Waals surface area contributed by atoms with Gasteiger partial charge in [-0.15, -0.1) is 22.7 Å². The lowest BCUT2D eigenvalue weighted by atomic mass is 9.82. The molecule has 14 aromatic carbocycles. The van der Waals surface area contributed by atoms with E-state index in [1.165, 1.54) is 95.2 Å². The molecule has 20 rings (SSSR count). The van der Waals surface area contributed by atoms with Gasteiger partial charge in [-0.2, -0.15) is 0 Å². The van der Waals surface area contributed by atoms with Crippen molar-refractivity contribution in [3.8, 4) is 22.5 Å². The summed E-state index contributed by atoms with van der Waals surface area (Å²) in [6.07, 6.45) is 0. The number of hydrogen-bond acceptors (Lipinski definition) is 5. The molecular weight excluding hydrogens is 1180 g/mol. The second-order valence-corrected chi connectivity index (χ2v) is 27.2. The molecule has 5 heterocycles. The predicted octanol–water partition coefficient (Wildman–Crippen LogP) is 25.4. The highest BCUT2D eigenvalue weighted by Gasteiger charge is 2.38. The Morgan fingerprint density at radius 2 is 0.713 bits per heavy atom. The normalized spacial score (nSPS) is 12.7. The Bertz CT molecular complexity index is 6100. The van der Waals surface area contributed by atoms with Gasteiger partial charge in [-0.25, -0.2) is 0 Å². The zero-order chi connectivity index (χ0) is 62.2. The van der Waals surface area contributed by atoms with Crippen LogP contribution in [-0.4, -0.2) is 9.13 Å². The quantitative estimate of drug-likeness (QED) is 0.152. The highest BCUT2D eigenvalue weighted by Crippen LogP contribution is 2.54. The predicted molar refractivity (Wildman–Crippen MR) is 402 cm³/mol. The Balaban J connectivity index is 0.000000134. The van der Waals surface area contributed by atoms with Crippen molar-refractivity contribution in [2.45, 2.75) is 19.3 Å². The molecule has 444 valence electrons. The summed E-state index contributed by atoms with van der Waals surface area (Å²) in [5.74, 6) is 0. The first-order chi connectivity index (χ1) is 46.4. The molecule has 0 spiro atoms. The second kappa shape index (κ2) is 21.3. The van der Waals surface area contributed by atoms with Crippen LogP contribution < -0.4 is 9.80 Å². The highest BCUT2D eigenvalue weighted by molar-refractivity contribution is 7.30. The van der Waals surface area contributed by atoms with Crippen LogP contribution in [0.2, 0.25) is 0 Å². The van der Waals surface area contributed by atoms with Gasteiger partial charge in [0.25, 0.3) is 0 Å². The van der Waals surface area contributed by atoms with Gasteiger partial charge < -0.3 is 23.4 Å². The van der Waals surface area contributed by atoms with Crippen molar-refractivity contribution < 1.29 is 4.42 Å². The summed E-state index contributed by atoms with van der Waals surface area (Å²) in [6.45, 7) is 4.64. The van der Waals surface area contributed by atoms with Crippen molar-refractivity contribution >= 4 is 163 Å². The molecule has 7 heteroatoms. The molecule has 1 aliphatic carbocycles. The van der Waals surface area contributed by atoms with Gasteiger partial charge in [0.1, 0.15) is 11.2 Å². The number of anilines is 6. The van der Waals surface area contributed by atoms with E-state index in [9.17, 15) is 0 Å². The van der Waals surface area contributed by atoms with Crippen LogP contribution in [0.15, 0.2) is 320 Å². The smallest absolute Gasteiger partial charge is 0.145 e. The Morgan fingerprint density at radius 3 is 1.29 bits per heavy atom. The van der Waals surface area contributed by atoms with E-state index in [1.807, 2.05) is 22.7 Å². The van der Waals surface area contributed by atoms with Gasteiger partial charge in [-0.1, -0.05) is 190 Å². The van der Waals surface area contributed by atoms with Gasteiger partial charge in [0.15, 0.2) is 0 Å². The molecule has 0 unspecified atom stereocenters. The fourth-order valence-corrected chi connectivity index (χ4v) is 17.9. The molecule has 1 aliphatic rings. The third kappa shape index (κ3) is 8.24. The largest absolute Gasteiger partial charge is 0.455 e. The van der Waals surface area contributed by atoms with E-state index >= 15 is 0 Å². The summed E-state index contributed by atoms with van der Waals surface area (Å²) in [4.78, 5) is 4.61. The minimum absolute atomic E-state index is 0.0762. The maximum atomic E-state index is 7.04. The van der Waals surface area contributed by atoms with Crippen molar-refractivity contribution in [3.63, 3.8) is 0 Å².